The van der Waals surface area contributed by atoms with E-state index in [1.807, 2.05) is 0 Å². The third kappa shape index (κ3) is 3.60. The number of nitrogens with one attached hydrogen (secondary N) is 1. The van der Waals surface area contributed by atoms with Crippen molar-refractivity contribution in [1.82, 2.24) is 20.2 Å². The molecule has 7 nitrogen and oxygen atoms in total. The van der Waals surface area contributed by atoms with Crippen molar-refractivity contribution >= 4 is 17.8 Å². The molecule has 23 heavy (non-hydrogen) atoms. The largest absolute Gasteiger partial charge is 0.351 e. The van der Waals surface area contributed by atoms with Crippen LogP contribution in [0.2, 0.25) is 0 Å². The lowest BCUT2D eigenvalue weighted by atomic mass is 10.0. The van der Waals surface area contributed by atoms with E-state index in [0.717, 1.165) is 44.7 Å². The van der Waals surface area contributed by atoms with Crippen LogP contribution in [0.1, 0.15) is 32.6 Å². The number of likely N-dealkylation sites (tertiary alicyclic amines) is 1. The fourth-order valence-electron chi connectivity index (χ4n) is 3.39. The van der Waals surface area contributed by atoms with Crippen LogP contribution in [0.3, 0.4) is 0 Å². The van der Waals surface area contributed by atoms with Gasteiger partial charge < -0.3 is 15.1 Å². The Morgan fingerprint density at radius 2 is 1.83 bits per heavy atom. The second-order valence-electron chi connectivity index (χ2n) is 6.19. The van der Waals surface area contributed by atoms with Crippen molar-refractivity contribution in [2.24, 2.45) is 0 Å². The maximum atomic E-state index is 12.4. The van der Waals surface area contributed by atoms with Crippen LogP contribution in [-0.2, 0) is 9.59 Å². The molecule has 0 bridgehead atoms. The number of aromatic nitrogens is 2. The first-order chi connectivity index (χ1) is 11.1. The Kier molecular flexibility index (Phi) is 4.73. The van der Waals surface area contributed by atoms with Crippen molar-refractivity contribution in [3.05, 3.63) is 18.5 Å². The van der Waals surface area contributed by atoms with Crippen molar-refractivity contribution < 1.29 is 9.59 Å². The summed E-state index contributed by atoms with van der Waals surface area (Å²) < 4.78 is 0. The Hall–Kier alpha value is -2.18. The van der Waals surface area contributed by atoms with E-state index in [1.54, 1.807) is 23.4 Å². The minimum atomic E-state index is -0.289. The van der Waals surface area contributed by atoms with E-state index in [2.05, 4.69) is 20.2 Å². The van der Waals surface area contributed by atoms with E-state index in [-0.39, 0.29) is 23.9 Å². The zero-order valence-corrected chi connectivity index (χ0v) is 13.4. The number of carbonyl (C=O) groups is 2. The third-order valence-corrected chi connectivity index (χ3v) is 4.64. The maximum absolute atomic E-state index is 12.4. The lowest BCUT2D eigenvalue weighted by molar-refractivity contribution is -0.137. The van der Waals surface area contributed by atoms with E-state index in [1.165, 1.54) is 6.92 Å². The number of hydrogen-bond acceptors (Lipinski definition) is 5. The van der Waals surface area contributed by atoms with Gasteiger partial charge >= 0.3 is 0 Å². The topological polar surface area (TPSA) is 78.4 Å². The van der Waals surface area contributed by atoms with Gasteiger partial charge in [0.05, 0.1) is 0 Å². The van der Waals surface area contributed by atoms with Gasteiger partial charge in [0, 0.05) is 45.0 Å². The van der Waals surface area contributed by atoms with Gasteiger partial charge in [0.2, 0.25) is 17.8 Å². The van der Waals surface area contributed by atoms with Gasteiger partial charge in [0.15, 0.2) is 0 Å². The van der Waals surface area contributed by atoms with Gasteiger partial charge in [-0.25, -0.2) is 9.97 Å². The summed E-state index contributed by atoms with van der Waals surface area (Å²) in [5, 5.41) is 3.12. The highest BCUT2D eigenvalue weighted by atomic mass is 16.2. The van der Waals surface area contributed by atoms with Crippen molar-refractivity contribution in [3.63, 3.8) is 0 Å². The van der Waals surface area contributed by atoms with Crippen LogP contribution in [0.4, 0.5) is 5.95 Å². The first-order valence-electron chi connectivity index (χ1n) is 8.24. The molecule has 3 heterocycles. The Labute approximate surface area is 136 Å². The van der Waals surface area contributed by atoms with Crippen LogP contribution in [-0.4, -0.2) is 58.4 Å². The molecule has 2 aliphatic rings. The van der Waals surface area contributed by atoms with Crippen molar-refractivity contribution in [3.8, 4) is 0 Å². The second kappa shape index (κ2) is 6.93. The fraction of sp³-hybridized carbons (Fsp3) is 0.625. The van der Waals surface area contributed by atoms with E-state index >= 15 is 0 Å². The Balaban J connectivity index is 1.51. The van der Waals surface area contributed by atoms with Gasteiger partial charge in [0.25, 0.3) is 0 Å². The molecule has 1 N–H and O–H groups in total. The molecule has 0 saturated carbocycles. The van der Waals surface area contributed by atoms with Crippen LogP contribution in [0.25, 0.3) is 0 Å². The predicted molar refractivity (Wildman–Crippen MR) is 85.8 cm³/mol. The average Bonchev–Trinajstić information content (AvgIpc) is 3.06. The summed E-state index contributed by atoms with van der Waals surface area (Å²) in [6, 6.07) is 1.68. The smallest absolute Gasteiger partial charge is 0.243 e. The van der Waals surface area contributed by atoms with Crippen molar-refractivity contribution in [2.45, 2.75) is 44.7 Å². The third-order valence-electron chi connectivity index (χ3n) is 4.64. The minimum absolute atomic E-state index is 0.00730. The summed E-state index contributed by atoms with van der Waals surface area (Å²) in [4.78, 5) is 36.4. The van der Waals surface area contributed by atoms with Crippen LogP contribution >= 0.6 is 0 Å². The number of piperidine rings is 1. The average molecular weight is 317 g/mol. The van der Waals surface area contributed by atoms with E-state index in [0.29, 0.717) is 6.54 Å². The summed E-state index contributed by atoms with van der Waals surface area (Å²) >= 11 is 0. The van der Waals surface area contributed by atoms with E-state index in [9.17, 15) is 9.59 Å². The molecule has 3 rings (SSSR count). The van der Waals surface area contributed by atoms with E-state index in [4.69, 9.17) is 0 Å². The molecular formula is C16H23N5O2. The highest BCUT2D eigenvalue weighted by Gasteiger charge is 2.33. The van der Waals surface area contributed by atoms with Crippen molar-refractivity contribution in [2.75, 3.05) is 24.5 Å². The Morgan fingerprint density at radius 3 is 2.48 bits per heavy atom. The number of hydrogen-bond donors (Lipinski definition) is 1. The molecule has 1 aromatic heterocycles. The number of carbonyl (C=O) groups excluding carboxylic acids is 2. The molecule has 0 aromatic carbocycles. The quantitative estimate of drug-likeness (QED) is 0.882. The summed E-state index contributed by atoms with van der Waals surface area (Å²) in [5.74, 6) is 0.724. The normalized spacial score (nSPS) is 22.2. The van der Waals surface area contributed by atoms with Crippen LogP contribution < -0.4 is 10.2 Å². The highest BCUT2D eigenvalue weighted by molar-refractivity contribution is 5.87. The fourth-order valence-corrected chi connectivity index (χ4v) is 3.39. The van der Waals surface area contributed by atoms with Crippen LogP contribution in [0.15, 0.2) is 18.5 Å². The predicted octanol–water partition coefficient (Wildman–Crippen LogP) is 0.573. The molecular weight excluding hydrogens is 294 g/mol. The monoisotopic (exact) mass is 317 g/mol. The summed E-state index contributed by atoms with van der Waals surface area (Å²) in [6.07, 6.45) is 6.90. The molecule has 7 heteroatoms. The molecule has 2 amide bonds. The number of nitrogens with zero attached hydrogens (tertiary/aromatic N) is 4. The first-order valence-corrected chi connectivity index (χ1v) is 8.24. The molecule has 124 valence electrons. The van der Waals surface area contributed by atoms with Gasteiger partial charge in [-0.3, -0.25) is 9.59 Å². The zero-order chi connectivity index (χ0) is 16.2. The number of amides is 2. The lowest BCUT2D eigenvalue weighted by Crippen LogP contribution is -2.51. The molecule has 2 saturated heterocycles. The highest BCUT2D eigenvalue weighted by Crippen LogP contribution is 2.19. The minimum Gasteiger partial charge on any atom is -0.351 e. The molecule has 2 fully saturated rings. The molecule has 1 atom stereocenters. The molecule has 0 radical (unpaired) electrons. The SMILES string of the molecule is CC(=O)N1CCC[C@@H]1C(=O)NC1CCN(c2ncccn2)CC1. The molecule has 1 aromatic rings. The standard InChI is InChI=1S/C16H23N5O2/c1-12(22)21-9-2-4-14(21)15(23)19-13-5-10-20(11-6-13)16-17-7-3-8-18-16/h3,7-8,13-14H,2,4-6,9-11H2,1H3,(H,19,23)/t14-/m1/s1. The second-order valence-corrected chi connectivity index (χ2v) is 6.19. The summed E-state index contributed by atoms with van der Waals surface area (Å²) in [7, 11) is 0. The van der Waals surface area contributed by atoms with Gasteiger partial charge in [0.1, 0.15) is 6.04 Å². The van der Waals surface area contributed by atoms with Crippen LogP contribution in [0, 0.1) is 0 Å². The van der Waals surface area contributed by atoms with Gasteiger partial charge in [-0.05, 0) is 31.7 Å². The molecule has 0 unspecified atom stereocenters. The Bertz CT molecular complexity index is 557. The van der Waals surface area contributed by atoms with Gasteiger partial charge in [-0.2, -0.15) is 0 Å². The summed E-state index contributed by atoms with van der Waals surface area (Å²) in [5.41, 5.74) is 0. The zero-order valence-electron chi connectivity index (χ0n) is 13.4. The Morgan fingerprint density at radius 1 is 1.13 bits per heavy atom. The van der Waals surface area contributed by atoms with Crippen LogP contribution in [0.5, 0.6) is 0 Å². The maximum Gasteiger partial charge on any atom is 0.243 e. The number of anilines is 1. The molecule has 2 aliphatic heterocycles. The first kappa shape index (κ1) is 15.7. The lowest BCUT2D eigenvalue weighted by Gasteiger charge is -2.33. The molecule has 0 spiro atoms. The van der Waals surface area contributed by atoms with Gasteiger partial charge in [-0.15, -0.1) is 0 Å². The number of rotatable bonds is 3. The van der Waals surface area contributed by atoms with E-state index < -0.39 is 0 Å². The molecule has 0 aliphatic carbocycles. The summed E-state index contributed by atoms with van der Waals surface area (Å²) in [6.45, 7) is 3.88. The van der Waals surface area contributed by atoms with Gasteiger partial charge in [-0.1, -0.05) is 0 Å². The van der Waals surface area contributed by atoms with Crippen molar-refractivity contribution in [1.29, 1.82) is 0 Å².